The van der Waals surface area contributed by atoms with E-state index >= 15 is 0 Å². The average Bonchev–Trinajstić information content (AvgIpc) is 2.84. The van der Waals surface area contributed by atoms with Crippen LogP contribution in [0.3, 0.4) is 0 Å². The van der Waals surface area contributed by atoms with E-state index in [1.165, 1.54) is 12.1 Å². The average molecular weight is 447 g/mol. The molecule has 3 aromatic rings. The summed E-state index contributed by atoms with van der Waals surface area (Å²) in [6.07, 6.45) is 2.88. The Kier molecular flexibility index (Phi) is 5.92. The van der Waals surface area contributed by atoms with E-state index in [0.717, 1.165) is 60.9 Å². The smallest absolute Gasteiger partial charge is 0.224 e. The van der Waals surface area contributed by atoms with E-state index in [9.17, 15) is 9.18 Å². The van der Waals surface area contributed by atoms with Crippen LogP contribution in [0.25, 0.3) is 0 Å². The largest absolute Gasteiger partial charge is 0.354 e. The molecule has 0 radical (unpaired) electrons. The topological polar surface area (TPSA) is 73.4 Å². The van der Waals surface area contributed by atoms with Crippen LogP contribution in [0, 0.1) is 5.82 Å². The lowest BCUT2D eigenvalue weighted by molar-refractivity contribution is -0.116. The van der Waals surface area contributed by atoms with Gasteiger partial charge in [0.25, 0.3) is 0 Å². The molecule has 0 aliphatic carbocycles. The number of anilines is 4. The second-order valence-corrected chi connectivity index (χ2v) is 8.56. The van der Waals surface area contributed by atoms with Crippen molar-refractivity contribution in [2.75, 3.05) is 41.7 Å². The molecule has 2 aromatic carbocycles. The van der Waals surface area contributed by atoms with E-state index in [-0.39, 0.29) is 17.8 Å². The van der Waals surface area contributed by atoms with Gasteiger partial charge in [0, 0.05) is 56.1 Å². The van der Waals surface area contributed by atoms with Gasteiger partial charge >= 0.3 is 0 Å². The molecule has 1 fully saturated rings. The van der Waals surface area contributed by atoms with Crippen molar-refractivity contribution in [2.45, 2.75) is 25.8 Å². The molecule has 0 unspecified atom stereocenters. The van der Waals surface area contributed by atoms with Crippen molar-refractivity contribution in [3.05, 3.63) is 71.8 Å². The molecule has 0 saturated carbocycles. The van der Waals surface area contributed by atoms with E-state index < -0.39 is 0 Å². The van der Waals surface area contributed by atoms with Gasteiger partial charge in [0.2, 0.25) is 5.91 Å². The van der Waals surface area contributed by atoms with Crippen molar-refractivity contribution in [3.8, 4) is 0 Å². The molecule has 33 heavy (non-hydrogen) atoms. The Morgan fingerprint density at radius 1 is 1.00 bits per heavy atom. The number of amides is 1. The van der Waals surface area contributed by atoms with Crippen molar-refractivity contribution in [2.24, 2.45) is 0 Å². The predicted molar refractivity (Wildman–Crippen MR) is 127 cm³/mol. The first-order valence-corrected chi connectivity index (χ1v) is 11.3. The molecule has 0 spiro atoms. The second kappa shape index (κ2) is 9.15. The molecule has 1 amide bonds. The van der Waals surface area contributed by atoms with Gasteiger partial charge in [-0.1, -0.05) is 18.2 Å². The van der Waals surface area contributed by atoms with Crippen molar-refractivity contribution in [1.29, 1.82) is 0 Å². The van der Waals surface area contributed by atoms with Crippen molar-refractivity contribution in [3.63, 3.8) is 0 Å². The maximum atomic E-state index is 13.2. The Balaban J connectivity index is 1.22. The number of piperazine rings is 1. The molecule has 170 valence electrons. The van der Waals surface area contributed by atoms with Gasteiger partial charge in [-0.25, -0.2) is 14.4 Å². The van der Waals surface area contributed by atoms with Gasteiger partial charge in [-0.3, -0.25) is 9.69 Å². The molecule has 1 atom stereocenters. The van der Waals surface area contributed by atoms with E-state index in [4.69, 9.17) is 0 Å². The molecule has 7 nitrogen and oxygen atoms in total. The van der Waals surface area contributed by atoms with Crippen LogP contribution in [-0.2, 0) is 11.2 Å². The summed E-state index contributed by atoms with van der Waals surface area (Å²) in [7, 11) is 0. The Hall–Kier alpha value is -3.52. The van der Waals surface area contributed by atoms with Crippen LogP contribution < -0.4 is 15.5 Å². The Morgan fingerprint density at radius 3 is 2.58 bits per heavy atom. The number of carbonyl (C=O) groups is 1. The minimum Gasteiger partial charge on any atom is -0.354 e. The summed E-state index contributed by atoms with van der Waals surface area (Å²) in [5.41, 5.74) is 4.01. The summed E-state index contributed by atoms with van der Waals surface area (Å²) in [5.74, 6) is 1.44. The van der Waals surface area contributed by atoms with Crippen LogP contribution in [-0.4, -0.2) is 47.0 Å². The summed E-state index contributed by atoms with van der Waals surface area (Å²) in [6, 6.07) is 15.0. The molecule has 3 heterocycles. The summed E-state index contributed by atoms with van der Waals surface area (Å²) >= 11 is 0. The standard InChI is InChI=1S/C25H27FN6O/c1-17(18-2-6-20(26)7-3-18)31-10-12-32(13-11-31)24-15-23(27-16-28-24)29-21-8-4-19-5-9-25(33)30-22(19)14-21/h2-4,6-8,14-17H,5,9-13H2,1H3,(H,30,33)(H,27,28,29)/t17-/m0/s1. The van der Waals surface area contributed by atoms with Crippen molar-refractivity contribution < 1.29 is 9.18 Å². The van der Waals surface area contributed by atoms with Crippen LogP contribution in [0.5, 0.6) is 0 Å². The van der Waals surface area contributed by atoms with Crippen molar-refractivity contribution in [1.82, 2.24) is 14.9 Å². The molecule has 1 aromatic heterocycles. The monoisotopic (exact) mass is 446 g/mol. The zero-order valence-corrected chi connectivity index (χ0v) is 18.6. The highest BCUT2D eigenvalue weighted by Gasteiger charge is 2.23. The highest BCUT2D eigenvalue weighted by molar-refractivity contribution is 5.94. The molecule has 5 rings (SSSR count). The van der Waals surface area contributed by atoms with E-state index in [0.29, 0.717) is 12.2 Å². The van der Waals surface area contributed by atoms with Crippen LogP contribution in [0.4, 0.5) is 27.4 Å². The normalized spacial score (nSPS) is 17.3. The summed E-state index contributed by atoms with van der Waals surface area (Å²) in [4.78, 5) is 25.2. The Labute approximate surface area is 192 Å². The first kappa shape index (κ1) is 21.3. The first-order valence-electron chi connectivity index (χ1n) is 11.3. The number of fused-ring (bicyclic) bond motifs is 1. The number of carbonyl (C=O) groups excluding carboxylic acids is 1. The van der Waals surface area contributed by atoms with Crippen LogP contribution >= 0.6 is 0 Å². The quantitative estimate of drug-likeness (QED) is 0.614. The first-order chi connectivity index (χ1) is 16.0. The molecule has 8 heteroatoms. The lowest BCUT2D eigenvalue weighted by atomic mass is 10.0. The molecule has 2 N–H and O–H groups in total. The zero-order valence-electron chi connectivity index (χ0n) is 18.6. The van der Waals surface area contributed by atoms with Gasteiger partial charge in [0.05, 0.1) is 0 Å². The Morgan fingerprint density at radius 2 is 1.79 bits per heavy atom. The minimum atomic E-state index is -0.205. The summed E-state index contributed by atoms with van der Waals surface area (Å²) in [6.45, 7) is 5.67. The van der Waals surface area contributed by atoms with Crippen LogP contribution in [0.15, 0.2) is 54.9 Å². The van der Waals surface area contributed by atoms with E-state index in [1.807, 2.05) is 36.4 Å². The van der Waals surface area contributed by atoms with Gasteiger partial charge < -0.3 is 15.5 Å². The zero-order chi connectivity index (χ0) is 22.8. The highest BCUT2D eigenvalue weighted by atomic mass is 19.1. The van der Waals surface area contributed by atoms with Crippen molar-refractivity contribution >= 4 is 28.9 Å². The molecular formula is C25H27FN6O. The fourth-order valence-electron chi connectivity index (χ4n) is 4.48. The molecule has 2 aliphatic rings. The second-order valence-electron chi connectivity index (χ2n) is 8.56. The maximum absolute atomic E-state index is 13.2. The van der Waals surface area contributed by atoms with Gasteiger partial charge in [0.15, 0.2) is 0 Å². The number of aromatic nitrogens is 2. The molecule has 2 aliphatic heterocycles. The Bertz CT molecular complexity index is 1140. The number of nitrogens with zero attached hydrogens (tertiary/aromatic N) is 4. The SMILES string of the molecule is C[C@@H](c1ccc(F)cc1)N1CCN(c2cc(Nc3ccc4c(c3)NC(=O)CC4)ncn2)CC1. The lowest BCUT2D eigenvalue weighted by Crippen LogP contribution is -2.47. The number of nitrogens with one attached hydrogen (secondary N) is 2. The lowest BCUT2D eigenvalue weighted by Gasteiger charge is -2.38. The fourth-order valence-corrected chi connectivity index (χ4v) is 4.48. The number of halogens is 1. The summed E-state index contributed by atoms with van der Waals surface area (Å²) < 4.78 is 13.2. The third-order valence-electron chi connectivity index (χ3n) is 6.47. The predicted octanol–water partition coefficient (Wildman–Crippen LogP) is 4.13. The van der Waals surface area contributed by atoms with Gasteiger partial charge in [0.1, 0.15) is 23.8 Å². The minimum absolute atomic E-state index is 0.0526. The van der Waals surface area contributed by atoms with Crippen LogP contribution in [0.2, 0.25) is 0 Å². The molecule has 1 saturated heterocycles. The number of benzene rings is 2. The number of rotatable bonds is 5. The van der Waals surface area contributed by atoms with Gasteiger partial charge in [-0.2, -0.15) is 0 Å². The fraction of sp³-hybridized carbons (Fsp3) is 0.320. The number of hydrogen-bond donors (Lipinski definition) is 2. The molecule has 0 bridgehead atoms. The number of hydrogen-bond acceptors (Lipinski definition) is 6. The maximum Gasteiger partial charge on any atom is 0.224 e. The third kappa shape index (κ3) is 4.80. The van der Waals surface area contributed by atoms with E-state index in [1.54, 1.807) is 6.33 Å². The highest BCUT2D eigenvalue weighted by Crippen LogP contribution is 2.28. The third-order valence-corrected chi connectivity index (χ3v) is 6.47. The molecular weight excluding hydrogens is 419 g/mol. The number of aryl methyl sites for hydroxylation is 1. The summed E-state index contributed by atoms with van der Waals surface area (Å²) in [5, 5.41) is 6.26. The van der Waals surface area contributed by atoms with E-state index in [2.05, 4.69) is 37.3 Å². The van der Waals surface area contributed by atoms with Gasteiger partial charge in [-0.05, 0) is 48.7 Å². The van der Waals surface area contributed by atoms with Crippen LogP contribution in [0.1, 0.15) is 30.5 Å². The van der Waals surface area contributed by atoms with Gasteiger partial charge in [-0.15, -0.1) is 0 Å².